The van der Waals surface area contributed by atoms with Gasteiger partial charge in [0.15, 0.2) is 0 Å². The highest BCUT2D eigenvalue weighted by atomic mass is 16.4. The zero-order valence-corrected chi connectivity index (χ0v) is 17.0. The third-order valence-electron chi connectivity index (χ3n) is 5.25. The van der Waals surface area contributed by atoms with Gasteiger partial charge in [-0.05, 0) is 68.8 Å². The van der Waals surface area contributed by atoms with E-state index in [9.17, 15) is 9.59 Å². The molecule has 9 nitrogen and oxygen atoms in total. The van der Waals surface area contributed by atoms with Crippen molar-refractivity contribution >= 4 is 11.6 Å². The van der Waals surface area contributed by atoms with Gasteiger partial charge in [0.1, 0.15) is 11.3 Å². The van der Waals surface area contributed by atoms with Crippen molar-refractivity contribution in [3.63, 3.8) is 0 Å². The number of aryl methyl sites for hydroxylation is 2. The molecule has 2 aromatic heterocycles. The summed E-state index contributed by atoms with van der Waals surface area (Å²) in [6.45, 7) is 6.10. The monoisotopic (exact) mass is 408 g/mol. The molecule has 1 aliphatic heterocycles. The van der Waals surface area contributed by atoms with E-state index in [0.717, 1.165) is 31.5 Å². The maximum absolute atomic E-state index is 12.8. The second-order valence-electron chi connectivity index (χ2n) is 7.36. The molecule has 1 saturated heterocycles. The van der Waals surface area contributed by atoms with Gasteiger partial charge in [-0.15, -0.1) is 10.2 Å². The molecule has 0 radical (unpaired) electrons. The Hall–Kier alpha value is -3.33. The number of rotatable bonds is 5. The fourth-order valence-corrected chi connectivity index (χ4v) is 3.64. The number of carbonyl (C=O) groups excluding carboxylic acids is 1. The van der Waals surface area contributed by atoms with Crippen LogP contribution in [0, 0.1) is 6.92 Å². The Morgan fingerprint density at radius 1 is 1.30 bits per heavy atom. The van der Waals surface area contributed by atoms with Crippen LogP contribution in [0.25, 0.3) is 11.4 Å². The van der Waals surface area contributed by atoms with Gasteiger partial charge in [0.25, 0.3) is 5.91 Å². The Bertz CT molecular complexity index is 1110. The number of piperidine rings is 1. The van der Waals surface area contributed by atoms with E-state index in [1.807, 2.05) is 19.1 Å². The molecule has 2 N–H and O–H groups in total. The fourth-order valence-electron chi connectivity index (χ4n) is 3.64. The molecule has 1 aliphatic rings. The number of tetrazole rings is 1. The molecule has 1 fully saturated rings. The maximum atomic E-state index is 12.8. The third-order valence-corrected chi connectivity index (χ3v) is 5.25. The van der Waals surface area contributed by atoms with Crippen molar-refractivity contribution in [2.45, 2.75) is 39.2 Å². The topological polar surface area (TPSA) is 115 Å². The maximum Gasteiger partial charge on any atom is 0.349 e. The number of nitrogens with one attached hydrogen (secondary N) is 2. The Kier molecular flexibility index (Phi) is 5.71. The Labute approximate surface area is 173 Å². The van der Waals surface area contributed by atoms with Gasteiger partial charge in [0.2, 0.25) is 5.82 Å². The van der Waals surface area contributed by atoms with E-state index < -0.39 is 11.5 Å². The summed E-state index contributed by atoms with van der Waals surface area (Å²) in [4.78, 5) is 26.9. The summed E-state index contributed by atoms with van der Waals surface area (Å²) >= 11 is 0. The first kappa shape index (κ1) is 20.0. The lowest BCUT2D eigenvalue weighted by Crippen LogP contribution is -2.28. The van der Waals surface area contributed by atoms with E-state index in [1.54, 1.807) is 25.1 Å². The van der Waals surface area contributed by atoms with Gasteiger partial charge < -0.3 is 15.1 Å². The van der Waals surface area contributed by atoms with Gasteiger partial charge in [-0.1, -0.05) is 12.1 Å². The summed E-state index contributed by atoms with van der Waals surface area (Å²) in [6, 6.07) is 8.92. The zero-order valence-electron chi connectivity index (χ0n) is 17.0. The minimum atomic E-state index is -0.607. The highest BCUT2D eigenvalue weighted by molar-refractivity contribution is 6.05. The number of aromatic nitrogens is 4. The number of nitrogens with zero attached hydrogens (tertiary/aromatic N) is 4. The van der Waals surface area contributed by atoms with Crippen molar-refractivity contribution < 1.29 is 9.21 Å². The molecule has 30 heavy (non-hydrogen) atoms. The molecule has 3 aromatic rings. The van der Waals surface area contributed by atoms with E-state index >= 15 is 0 Å². The quantitative estimate of drug-likeness (QED) is 0.666. The van der Waals surface area contributed by atoms with E-state index in [0.29, 0.717) is 29.4 Å². The average Bonchev–Trinajstić information content (AvgIpc) is 3.23. The zero-order chi connectivity index (χ0) is 21.1. The lowest BCUT2D eigenvalue weighted by atomic mass is 9.94. The summed E-state index contributed by atoms with van der Waals surface area (Å²) < 4.78 is 5.52. The van der Waals surface area contributed by atoms with Gasteiger partial charge in [-0.25, -0.2) is 4.79 Å². The average molecular weight is 408 g/mol. The minimum Gasteiger partial charge on any atom is -0.427 e. The molecule has 0 unspecified atom stereocenters. The van der Waals surface area contributed by atoms with Crippen LogP contribution in [-0.4, -0.2) is 39.2 Å². The third kappa shape index (κ3) is 4.16. The molecule has 3 heterocycles. The summed E-state index contributed by atoms with van der Waals surface area (Å²) in [7, 11) is 0. The van der Waals surface area contributed by atoms with E-state index in [4.69, 9.17) is 4.42 Å². The number of amides is 1. The second kappa shape index (κ2) is 8.58. The van der Waals surface area contributed by atoms with Gasteiger partial charge in [-0.3, -0.25) is 4.79 Å². The Morgan fingerprint density at radius 2 is 2.10 bits per heavy atom. The number of anilines is 1. The summed E-state index contributed by atoms with van der Waals surface area (Å²) in [5.74, 6) is 0.827. The van der Waals surface area contributed by atoms with Crippen molar-refractivity contribution in [2.24, 2.45) is 0 Å². The van der Waals surface area contributed by atoms with Gasteiger partial charge in [0, 0.05) is 17.2 Å². The standard InChI is InChI=1S/C21H24N6O3/c1-3-27-25-19(24-26-27)15-5-4-6-16(12-15)23-20(28)18-13(2)11-17(30-21(18)29)14-7-9-22-10-8-14/h4-6,11-12,14,22H,3,7-10H2,1-2H3,(H,23,28). The molecule has 156 valence electrons. The van der Waals surface area contributed by atoms with Crippen LogP contribution in [0.3, 0.4) is 0 Å². The van der Waals surface area contributed by atoms with Crippen LogP contribution in [0.15, 0.2) is 39.5 Å². The summed E-state index contributed by atoms with van der Waals surface area (Å²) in [6.07, 6.45) is 1.83. The molecule has 1 aromatic carbocycles. The molecule has 0 spiro atoms. The number of hydrogen-bond acceptors (Lipinski definition) is 7. The Morgan fingerprint density at radius 3 is 2.80 bits per heavy atom. The van der Waals surface area contributed by atoms with Crippen LogP contribution in [0.5, 0.6) is 0 Å². The highest BCUT2D eigenvalue weighted by Gasteiger charge is 2.22. The van der Waals surface area contributed by atoms with Gasteiger partial charge in [-0.2, -0.15) is 4.80 Å². The number of benzene rings is 1. The van der Waals surface area contributed by atoms with Crippen molar-refractivity contribution in [3.8, 4) is 11.4 Å². The Balaban J connectivity index is 1.55. The predicted octanol–water partition coefficient (Wildman–Crippen LogP) is 2.34. The first-order valence-corrected chi connectivity index (χ1v) is 10.1. The fraction of sp³-hybridized carbons (Fsp3) is 0.381. The lowest BCUT2D eigenvalue weighted by molar-refractivity contribution is 0.102. The van der Waals surface area contributed by atoms with Crippen LogP contribution in [0.4, 0.5) is 5.69 Å². The molecule has 9 heteroatoms. The first-order chi connectivity index (χ1) is 14.5. The van der Waals surface area contributed by atoms with Gasteiger partial charge >= 0.3 is 5.63 Å². The van der Waals surface area contributed by atoms with Crippen LogP contribution in [0.2, 0.25) is 0 Å². The SMILES string of the molecule is CCn1nnc(-c2cccc(NC(=O)c3c(C)cc(C4CCNCC4)oc3=O)c2)n1. The summed E-state index contributed by atoms with van der Waals surface area (Å²) in [5.41, 5.74) is 1.28. The smallest absolute Gasteiger partial charge is 0.349 e. The van der Waals surface area contributed by atoms with Crippen molar-refractivity contribution in [3.05, 3.63) is 57.6 Å². The van der Waals surface area contributed by atoms with Crippen LogP contribution in [-0.2, 0) is 6.54 Å². The van der Waals surface area contributed by atoms with E-state index in [1.165, 1.54) is 4.80 Å². The normalized spacial score (nSPS) is 14.6. The molecule has 4 rings (SSSR count). The van der Waals surface area contributed by atoms with Crippen molar-refractivity contribution in [1.82, 2.24) is 25.5 Å². The molecular formula is C21H24N6O3. The van der Waals surface area contributed by atoms with Crippen molar-refractivity contribution in [1.29, 1.82) is 0 Å². The molecular weight excluding hydrogens is 384 g/mol. The van der Waals surface area contributed by atoms with Gasteiger partial charge in [0.05, 0.1) is 6.54 Å². The van der Waals surface area contributed by atoms with Crippen LogP contribution >= 0.6 is 0 Å². The van der Waals surface area contributed by atoms with E-state index in [-0.39, 0.29) is 11.5 Å². The molecule has 1 amide bonds. The lowest BCUT2D eigenvalue weighted by Gasteiger charge is -2.21. The number of carbonyl (C=O) groups is 1. The molecule has 0 saturated carbocycles. The van der Waals surface area contributed by atoms with Crippen molar-refractivity contribution in [2.75, 3.05) is 18.4 Å². The molecule has 0 bridgehead atoms. The molecule has 0 aliphatic carbocycles. The van der Waals surface area contributed by atoms with E-state index in [2.05, 4.69) is 26.0 Å². The molecule has 0 atom stereocenters. The highest BCUT2D eigenvalue weighted by Crippen LogP contribution is 2.26. The first-order valence-electron chi connectivity index (χ1n) is 10.1. The number of hydrogen-bond donors (Lipinski definition) is 2. The largest absolute Gasteiger partial charge is 0.427 e. The minimum absolute atomic E-state index is 0.0214. The second-order valence-corrected chi connectivity index (χ2v) is 7.36. The van der Waals surface area contributed by atoms with Crippen LogP contribution in [0.1, 0.15) is 47.4 Å². The summed E-state index contributed by atoms with van der Waals surface area (Å²) in [5, 5.41) is 18.3. The van der Waals surface area contributed by atoms with Crippen LogP contribution < -0.4 is 16.3 Å². The predicted molar refractivity (Wildman–Crippen MR) is 111 cm³/mol.